The summed E-state index contributed by atoms with van der Waals surface area (Å²) >= 11 is 3.69. The molecule has 2 aromatic rings. The van der Waals surface area contributed by atoms with Crippen LogP contribution in [0, 0.1) is 17.8 Å². The Kier molecular flexibility index (Phi) is 9.38. The first kappa shape index (κ1) is 31.3. The van der Waals surface area contributed by atoms with Crippen molar-refractivity contribution in [2.45, 2.75) is 74.8 Å². The molecule has 0 aliphatic carbocycles. The Morgan fingerprint density at radius 3 is 2.77 bits per heavy atom. The second-order valence-electron chi connectivity index (χ2n) is 12.0. The van der Waals surface area contributed by atoms with E-state index < -0.39 is 41.6 Å². The fourth-order valence-corrected chi connectivity index (χ4v) is 8.00. The quantitative estimate of drug-likeness (QED) is 0.142. The molecule has 3 fully saturated rings. The third-order valence-corrected chi connectivity index (χ3v) is 9.61. The van der Waals surface area contributed by atoms with Gasteiger partial charge in [-0.2, -0.15) is 0 Å². The van der Waals surface area contributed by atoms with Crippen LogP contribution in [0.2, 0.25) is 0 Å². The number of hydrogen-bond acceptors (Lipinski definition) is 8. The molecule has 0 radical (unpaired) electrons. The van der Waals surface area contributed by atoms with Crippen LogP contribution in [-0.2, 0) is 30.5 Å². The van der Waals surface area contributed by atoms with Crippen LogP contribution in [-0.4, -0.2) is 96.1 Å². The Morgan fingerprint density at radius 2 is 2.07 bits per heavy atom. The van der Waals surface area contributed by atoms with Crippen molar-refractivity contribution in [2.75, 3.05) is 19.8 Å². The van der Waals surface area contributed by atoms with Gasteiger partial charge in [-0.25, -0.2) is 4.68 Å². The number of aromatic nitrogens is 3. The molecule has 3 aliphatic rings. The van der Waals surface area contributed by atoms with E-state index in [1.54, 1.807) is 21.7 Å². The molecule has 3 aliphatic heterocycles. The fourth-order valence-electron chi connectivity index (χ4n) is 7.06. The Balaban J connectivity index is 1.54. The predicted molar refractivity (Wildman–Crippen MR) is 163 cm³/mol. The highest BCUT2D eigenvalue weighted by molar-refractivity contribution is 9.09. The lowest BCUT2D eigenvalue weighted by molar-refractivity contribution is -0.157. The summed E-state index contributed by atoms with van der Waals surface area (Å²) in [7, 11) is 0. The summed E-state index contributed by atoms with van der Waals surface area (Å²) in [6.45, 7) is 11.7. The van der Waals surface area contributed by atoms with Gasteiger partial charge in [0.1, 0.15) is 23.8 Å². The number of likely N-dealkylation sites (tertiary alicyclic amines) is 1. The third-order valence-electron chi connectivity index (χ3n) is 8.76. The molecular weight excluding hydrogens is 618 g/mol. The molecule has 5 rings (SSSR count). The number of carbonyl (C=O) groups is 3. The Hall–Kier alpha value is -3.09. The molecule has 3 unspecified atom stereocenters. The minimum atomic E-state index is -1.27. The molecule has 1 spiro atoms. The van der Waals surface area contributed by atoms with Gasteiger partial charge in [0, 0.05) is 11.4 Å². The molecule has 4 heterocycles. The Labute approximate surface area is 260 Å². The number of allylic oxidation sites excluding steroid dienone is 1. The van der Waals surface area contributed by atoms with Gasteiger partial charge in [-0.05, 0) is 43.7 Å². The van der Waals surface area contributed by atoms with Gasteiger partial charge in [-0.3, -0.25) is 14.4 Å². The van der Waals surface area contributed by atoms with Crippen molar-refractivity contribution in [3.8, 4) is 0 Å². The van der Waals surface area contributed by atoms with Crippen LogP contribution in [0.3, 0.4) is 0 Å². The van der Waals surface area contributed by atoms with E-state index in [0.717, 1.165) is 5.52 Å². The van der Waals surface area contributed by atoms with Crippen LogP contribution in [0.25, 0.3) is 11.0 Å². The molecule has 1 aromatic carbocycles. The highest BCUT2D eigenvalue weighted by atomic mass is 79.9. The highest BCUT2D eigenvalue weighted by Crippen LogP contribution is 2.61. The Bertz CT molecular complexity index is 1380. The zero-order valence-corrected chi connectivity index (χ0v) is 26.3. The minimum absolute atomic E-state index is 0.0640. The lowest BCUT2D eigenvalue weighted by atomic mass is 9.70. The van der Waals surface area contributed by atoms with Crippen LogP contribution < -0.4 is 0 Å². The largest absolute Gasteiger partial charge is 0.465 e. The van der Waals surface area contributed by atoms with E-state index in [-0.39, 0.29) is 49.0 Å². The maximum absolute atomic E-state index is 14.7. The monoisotopic (exact) mass is 657 g/mol. The maximum Gasteiger partial charge on any atom is 0.312 e. The van der Waals surface area contributed by atoms with Crippen LogP contribution in [0.1, 0.15) is 39.5 Å². The number of benzene rings is 1. The van der Waals surface area contributed by atoms with Gasteiger partial charge >= 0.3 is 5.97 Å². The molecule has 1 aromatic heterocycles. The summed E-state index contributed by atoms with van der Waals surface area (Å²) < 4.78 is 13.9. The van der Waals surface area contributed by atoms with Gasteiger partial charge in [0.2, 0.25) is 11.8 Å². The first-order valence-corrected chi connectivity index (χ1v) is 15.8. The highest BCUT2D eigenvalue weighted by Gasteiger charge is 2.77. The molecule has 11 nitrogen and oxygen atoms in total. The van der Waals surface area contributed by atoms with Crippen LogP contribution >= 0.6 is 15.9 Å². The molecule has 12 heteroatoms. The SMILES string of the molecule is C=CCCCOC(=O)[C@H]1[C@@H]2OC3(CC2Br)C(C(=O)N(CC=C)Cn2nnc4ccccc42)N([C@@H](CO)CC(C)C)C(=O)[C@H]13. The molecule has 2 bridgehead atoms. The van der Waals surface area contributed by atoms with Gasteiger partial charge in [0.05, 0.1) is 42.7 Å². The minimum Gasteiger partial charge on any atom is -0.465 e. The van der Waals surface area contributed by atoms with Crippen molar-refractivity contribution in [3.05, 3.63) is 49.6 Å². The average molecular weight is 659 g/mol. The fraction of sp³-hybridized carbons (Fsp3) is 0.581. The lowest BCUT2D eigenvalue weighted by Gasteiger charge is -2.39. The first-order chi connectivity index (χ1) is 20.7. The summed E-state index contributed by atoms with van der Waals surface area (Å²) in [4.78, 5) is 45.5. The van der Waals surface area contributed by atoms with Gasteiger partial charge < -0.3 is 24.4 Å². The number of unbranched alkanes of at least 4 members (excludes halogenated alkanes) is 1. The number of ether oxygens (including phenoxy) is 2. The number of alkyl halides is 1. The number of fused-ring (bicyclic) bond motifs is 2. The number of aliphatic hydroxyl groups excluding tert-OH is 1. The van der Waals surface area contributed by atoms with Crippen molar-refractivity contribution in [2.24, 2.45) is 17.8 Å². The molecule has 2 amide bonds. The van der Waals surface area contributed by atoms with E-state index in [4.69, 9.17) is 9.47 Å². The van der Waals surface area contributed by atoms with Gasteiger partial charge in [-0.15, -0.1) is 18.3 Å². The Morgan fingerprint density at radius 1 is 1.30 bits per heavy atom. The van der Waals surface area contributed by atoms with E-state index >= 15 is 0 Å². The molecule has 232 valence electrons. The van der Waals surface area contributed by atoms with E-state index in [0.29, 0.717) is 31.2 Å². The number of para-hydroxylation sites is 1. The molecule has 0 saturated carbocycles. The van der Waals surface area contributed by atoms with Crippen molar-refractivity contribution < 1.29 is 29.0 Å². The number of rotatable bonds is 14. The second-order valence-corrected chi connectivity index (χ2v) is 13.2. The molecular formula is C31H40BrN5O6. The summed E-state index contributed by atoms with van der Waals surface area (Å²) in [5.74, 6) is -2.88. The number of carbonyl (C=O) groups excluding carboxylic acids is 3. The average Bonchev–Trinajstić information content (AvgIpc) is 3.70. The van der Waals surface area contributed by atoms with E-state index in [1.807, 2.05) is 38.1 Å². The zero-order valence-electron chi connectivity index (χ0n) is 24.7. The van der Waals surface area contributed by atoms with Crippen molar-refractivity contribution in [1.82, 2.24) is 24.8 Å². The predicted octanol–water partition coefficient (Wildman–Crippen LogP) is 3.07. The first-order valence-electron chi connectivity index (χ1n) is 14.9. The molecule has 7 atom stereocenters. The molecule has 3 saturated heterocycles. The second kappa shape index (κ2) is 12.9. The standard InChI is InChI=1S/C31H40BrN5O6/c1-5-7-10-14-42-30(41)24-25-28(39)37(20(17-38)15-19(3)4)27(31(25)16-21(32)26(24)43-31)29(40)35(13-6-2)18-36-23-12-9-8-11-22(23)33-34-36/h5-6,8-9,11-12,19-21,24-27,38H,1-2,7,10,13-18H2,3-4H3/t20-,21?,24-,25+,26-,27?,31?/m1/s1. The van der Waals surface area contributed by atoms with Gasteiger partial charge in [0.15, 0.2) is 0 Å². The number of halogens is 1. The normalized spacial score (nSPS) is 28.3. The van der Waals surface area contributed by atoms with Crippen LogP contribution in [0.4, 0.5) is 0 Å². The van der Waals surface area contributed by atoms with Gasteiger partial charge in [-0.1, -0.05) is 59.3 Å². The summed E-state index contributed by atoms with van der Waals surface area (Å²) in [5, 5.41) is 19.0. The number of nitrogens with zero attached hydrogens (tertiary/aromatic N) is 5. The van der Waals surface area contributed by atoms with Crippen LogP contribution in [0.5, 0.6) is 0 Å². The van der Waals surface area contributed by atoms with E-state index in [9.17, 15) is 19.5 Å². The van der Waals surface area contributed by atoms with E-state index in [2.05, 4.69) is 39.4 Å². The molecule has 1 N–H and O–H groups in total. The topological polar surface area (TPSA) is 127 Å². The molecule has 43 heavy (non-hydrogen) atoms. The smallest absolute Gasteiger partial charge is 0.312 e. The number of aliphatic hydroxyl groups is 1. The third kappa shape index (κ3) is 5.53. The summed E-state index contributed by atoms with van der Waals surface area (Å²) in [6.07, 6.45) is 4.90. The summed E-state index contributed by atoms with van der Waals surface area (Å²) in [6, 6.07) is 5.75. The van der Waals surface area contributed by atoms with Crippen molar-refractivity contribution in [1.29, 1.82) is 0 Å². The number of esters is 1. The lowest BCUT2D eigenvalue weighted by Crippen LogP contribution is -2.59. The van der Waals surface area contributed by atoms with Crippen molar-refractivity contribution in [3.63, 3.8) is 0 Å². The van der Waals surface area contributed by atoms with Crippen molar-refractivity contribution >= 4 is 44.7 Å². The summed E-state index contributed by atoms with van der Waals surface area (Å²) in [5.41, 5.74) is 0.175. The number of hydrogen-bond donors (Lipinski definition) is 1. The van der Waals surface area contributed by atoms with Gasteiger partial charge in [0.25, 0.3) is 0 Å². The van der Waals surface area contributed by atoms with E-state index in [1.165, 1.54) is 4.90 Å². The maximum atomic E-state index is 14.7. The zero-order chi connectivity index (χ0) is 30.9. The van der Waals surface area contributed by atoms with Crippen LogP contribution in [0.15, 0.2) is 49.6 Å². The number of amides is 2.